The summed E-state index contributed by atoms with van der Waals surface area (Å²) in [4.78, 5) is 35.4. The van der Waals surface area contributed by atoms with E-state index >= 15 is 0 Å². The smallest absolute Gasteiger partial charge is 0.237 e. The number of carbonyl (C=O) groups is 3. The van der Waals surface area contributed by atoms with Crippen LogP contribution in [0, 0.1) is 11.8 Å². The highest BCUT2D eigenvalue weighted by Crippen LogP contribution is 2.46. The minimum Gasteiger partial charge on any atom is -0.368 e. The average Bonchev–Trinajstić information content (AvgIpc) is 2.91. The number of amides is 3. The monoisotopic (exact) mass is 225 g/mol. The Hall–Kier alpha value is -1.43. The summed E-state index contributed by atoms with van der Waals surface area (Å²) in [5.41, 5.74) is 9.59. The Balaban J connectivity index is 1.94. The quantitative estimate of drug-likeness (QED) is 0.573. The Morgan fingerprint density at radius 3 is 2.38 bits per heavy atom. The van der Waals surface area contributed by atoms with E-state index < -0.39 is 11.4 Å². The van der Waals surface area contributed by atoms with Crippen LogP contribution in [0.1, 0.15) is 19.8 Å². The number of nitrogens with zero attached hydrogens (tertiary/aromatic N) is 1. The molecule has 6 nitrogen and oxygen atoms in total. The summed E-state index contributed by atoms with van der Waals surface area (Å²) in [7, 11) is 0. The van der Waals surface area contributed by atoms with Crippen LogP contribution in [-0.4, -0.2) is 34.7 Å². The van der Waals surface area contributed by atoms with E-state index in [2.05, 4.69) is 0 Å². The van der Waals surface area contributed by atoms with Crippen molar-refractivity contribution in [1.29, 1.82) is 0 Å². The third kappa shape index (κ3) is 1.59. The lowest BCUT2D eigenvalue weighted by molar-refractivity contribution is -0.142. The molecule has 2 rings (SSSR count). The van der Waals surface area contributed by atoms with Gasteiger partial charge in [0.2, 0.25) is 17.7 Å². The minimum atomic E-state index is -1.17. The third-order valence-electron chi connectivity index (χ3n) is 3.37. The van der Waals surface area contributed by atoms with E-state index in [-0.39, 0.29) is 36.6 Å². The van der Waals surface area contributed by atoms with E-state index in [1.165, 1.54) is 11.8 Å². The molecule has 4 N–H and O–H groups in total. The summed E-state index contributed by atoms with van der Waals surface area (Å²) in [5.74, 6) is -1.10. The molecule has 0 aromatic carbocycles. The molecule has 1 saturated heterocycles. The zero-order valence-electron chi connectivity index (χ0n) is 9.10. The van der Waals surface area contributed by atoms with Crippen molar-refractivity contribution in [1.82, 2.24) is 4.90 Å². The van der Waals surface area contributed by atoms with Crippen molar-refractivity contribution in [2.45, 2.75) is 25.3 Å². The van der Waals surface area contributed by atoms with Crippen molar-refractivity contribution in [2.75, 3.05) is 6.54 Å². The average molecular weight is 225 g/mol. The lowest BCUT2D eigenvalue weighted by Crippen LogP contribution is -2.51. The van der Waals surface area contributed by atoms with Crippen molar-refractivity contribution in [2.24, 2.45) is 23.3 Å². The number of piperidine rings is 1. The number of nitrogens with two attached hydrogens (primary N) is 2. The van der Waals surface area contributed by atoms with Crippen LogP contribution in [0.25, 0.3) is 0 Å². The summed E-state index contributed by atoms with van der Waals surface area (Å²) in [5, 5.41) is 0. The van der Waals surface area contributed by atoms with Gasteiger partial charge in [0.15, 0.2) is 0 Å². The van der Waals surface area contributed by atoms with Crippen molar-refractivity contribution in [3.05, 3.63) is 0 Å². The van der Waals surface area contributed by atoms with Gasteiger partial charge in [0.1, 0.15) is 0 Å². The molecule has 3 amide bonds. The molecule has 3 unspecified atom stereocenters. The fraction of sp³-hybridized carbons (Fsp3) is 0.700. The highest BCUT2D eigenvalue weighted by molar-refractivity contribution is 6.08. The van der Waals surface area contributed by atoms with Gasteiger partial charge in [-0.25, -0.2) is 0 Å². The standard InChI is InChI=1S/C10H15N3O3/c1-10(12,9(11)16)2-3-13-7(14)5-4-6(5)8(13)15/h5-6H,2-4,12H2,1H3,(H2,11,16). The number of rotatable bonds is 4. The van der Waals surface area contributed by atoms with Gasteiger partial charge in [-0.2, -0.15) is 0 Å². The number of hydrogen-bond acceptors (Lipinski definition) is 4. The van der Waals surface area contributed by atoms with Gasteiger partial charge < -0.3 is 11.5 Å². The molecular formula is C10H15N3O3. The molecule has 2 fully saturated rings. The number of hydrogen-bond donors (Lipinski definition) is 2. The summed E-state index contributed by atoms with van der Waals surface area (Å²) in [6, 6.07) is 0. The number of likely N-dealkylation sites (tertiary alicyclic amines) is 1. The maximum atomic E-state index is 11.6. The van der Waals surface area contributed by atoms with Crippen LogP contribution < -0.4 is 11.5 Å². The zero-order valence-corrected chi connectivity index (χ0v) is 9.10. The molecular weight excluding hydrogens is 210 g/mol. The SMILES string of the molecule is CC(N)(CCN1C(=O)C2CC2C1=O)C(N)=O. The zero-order chi connectivity index (χ0) is 12.1. The van der Waals surface area contributed by atoms with E-state index in [0.717, 1.165) is 0 Å². The molecule has 1 heterocycles. The summed E-state index contributed by atoms with van der Waals surface area (Å²) in [6.45, 7) is 1.68. The lowest BCUT2D eigenvalue weighted by Gasteiger charge is -2.24. The Kier molecular flexibility index (Phi) is 2.27. The summed E-state index contributed by atoms with van der Waals surface area (Å²) in [6.07, 6.45) is 0.892. The largest absolute Gasteiger partial charge is 0.368 e. The molecule has 16 heavy (non-hydrogen) atoms. The van der Waals surface area contributed by atoms with Crippen LogP contribution in [0.3, 0.4) is 0 Å². The van der Waals surface area contributed by atoms with E-state index in [4.69, 9.17) is 11.5 Å². The first-order chi connectivity index (χ1) is 7.34. The molecule has 2 aliphatic rings. The van der Waals surface area contributed by atoms with Crippen molar-refractivity contribution in [3.63, 3.8) is 0 Å². The van der Waals surface area contributed by atoms with Gasteiger partial charge in [0.05, 0.1) is 17.4 Å². The molecule has 0 aromatic heterocycles. The van der Waals surface area contributed by atoms with Gasteiger partial charge >= 0.3 is 0 Å². The Labute approximate surface area is 92.9 Å². The topological polar surface area (TPSA) is 106 Å². The number of fused-ring (bicyclic) bond motifs is 1. The molecule has 0 spiro atoms. The highest BCUT2D eigenvalue weighted by Gasteiger charge is 2.58. The first-order valence-corrected chi connectivity index (χ1v) is 5.28. The van der Waals surface area contributed by atoms with E-state index in [1.807, 2.05) is 0 Å². The van der Waals surface area contributed by atoms with Gasteiger partial charge in [-0.1, -0.05) is 0 Å². The van der Waals surface area contributed by atoms with Crippen LogP contribution >= 0.6 is 0 Å². The van der Waals surface area contributed by atoms with Gasteiger partial charge in [-0.05, 0) is 19.8 Å². The van der Waals surface area contributed by atoms with Crippen molar-refractivity contribution in [3.8, 4) is 0 Å². The summed E-state index contributed by atoms with van der Waals surface area (Å²) >= 11 is 0. The van der Waals surface area contributed by atoms with Crippen molar-refractivity contribution < 1.29 is 14.4 Å². The van der Waals surface area contributed by atoms with Crippen LogP contribution in [0.2, 0.25) is 0 Å². The van der Waals surface area contributed by atoms with Crippen LogP contribution in [-0.2, 0) is 14.4 Å². The molecule has 3 atom stereocenters. The second kappa shape index (κ2) is 3.28. The van der Waals surface area contributed by atoms with E-state index in [9.17, 15) is 14.4 Å². The molecule has 1 aliphatic carbocycles. The maximum Gasteiger partial charge on any atom is 0.237 e. The first-order valence-electron chi connectivity index (χ1n) is 5.28. The van der Waals surface area contributed by atoms with Gasteiger partial charge in [0, 0.05) is 6.54 Å². The van der Waals surface area contributed by atoms with E-state index in [0.29, 0.717) is 6.42 Å². The fourth-order valence-corrected chi connectivity index (χ4v) is 1.94. The Bertz CT molecular complexity index is 358. The number of imide groups is 1. The first kappa shape index (κ1) is 11.1. The van der Waals surface area contributed by atoms with Gasteiger partial charge in [-0.3, -0.25) is 19.3 Å². The predicted octanol–water partition coefficient (Wildman–Crippen LogP) is -1.42. The van der Waals surface area contributed by atoms with E-state index in [1.54, 1.807) is 0 Å². The van der Waals surface area contributed by atoms with Crippen LogP contribution in [0.5, 0.6) is 0 Å². The number of primary amides is 1. The van der Waals surface area contributed by atoms with Gasteiger partial charge in [-0.15, -0.1) is 0 Å². The second-order valence-electron chi connectivity index (χ2n) is 4.81. The molecule has 0 bridgehead atoms. The van der Waals surface area contributed by atoms with Crippen molar-refractivity contribution >= 4 is 17.7 Å². The van der Waals surface area contributed by atoms with Crippen LogP contribution in [0.15, 0.2) is 0 Å². The predicted molar refractivity (Wildman–Crippen MR) is 54.7 cm³/mol. The maximum absolute atomic E-state index is 11.6. The molecule has 88 valence electrons. The lowest BCUT2D eigenvalue weighted by atomic mass is 9.98. The fourth-order valence-electron chi connectivity index (χ4n) is 1.94. The third-order valence-corrected chi connectivity index (χ3v) is 3.37. The minimum absolute atomic E-state index is 0.106. The molecule has 0 radical (unpaired) electrons. The molecule has 6 heteroatoms. The van der Waals surface area contributed by atoms with Gasteiger partial charge in [0.25, 0.3) is 0 Å². The molecule has 1 saturated carbocycles. The van der Waals surface area contributed by atoms with Crippen LogP contribution in [0.4, 0.5) is 0 Å². The Morgan fingerprint density at radius 2 is 1.94 bits per heavy atom. The molecule has 1 aliphatic heterocycles. The normalized spacial score (nSPS) is 31.2. The highest BCUT2D eigenvalue weighted by atomic mass is 16.2. The second-order valence-corrected chi connectivity index (χ2v) is 4.81. The summed E-state index contributed by atoms with van der Waals surface area (Å²) < 4.78 is 0. The number of carbonyl (C=O) groups excluding carboxylic acids is 3. The molecule has 0 aromatic rings. The Morgan fingerprint density at radius 1 is 1.44 bits per heavy atom.